The fraction of sp³-hybridized carbons (Fsp3) is 0.318. The van der Waals surface area contributed by atoms with Gasteiger partial charge in [0.1, 0.15) is 23.4 Å². The van der Waals surface area contributed by atoms with E-state index in [1.807, 2.05) is 0 Å². The minimum absolute atomic E-state index is 0.236. The van der Waals surface area contributed by atoms with Gasteiger partial charge in [-0.25, -0.2) is 14.1 Å². The summed E-state index contributed by atoms with van der Waals surface area (Å²) in [6.45, 7) is 3.52. The number of hydrogen-bond acceptors (Lipinski definition) is 5. The summed E-state index contributed by atoms with van der Waals surface area (Å²) in [7, 11) is 2.99. The summed E-state index contributed by atoms with van der Waals surface area (Å²) in [4.78, 5) is 41.0. The lowest BCUT2D eigenvalue weighted by atomic mass is 10.1. The summed E-state index contributed by atoms with van der Waals surface area (Å²) in [5.74, 6) is -0.480. The second-order valence-electron chi connectivity index (χ2n) is 7.30. The Kier molecular flexibility index (Phi) is 6.43. The van der Waals surface area contributed by atoms with E-state index < -0.39 is 29.7 Å². The van der Waals surface area contributed by atoms with Crippen LogP contribution in [0.15, 0.2) is 42.5 Å². The molecule has 31 heavy (non-hydrogen) atoms. The molecule has 1 aliphatic rings. The molecule has 2 aromatic rings. The molecule has 1 fully saturated rings. The van der Waals surface area contributed by atoms with Crippen LogP contribution in [-0.4, -0.2) is 49.0 Å². The third-order valence-electron chi connectivity index (χ3n) is 4.91. The number of halogens is 1. The number of imide groups is 1. The van der Waals surface area contributed by atoms with E-state index in [1.54, 1.807) is 32.0 Å². The van der Waals surface area contributed by atoms with Gasteiger partial charge >= 0.3 is 6.03 Å². The SMILES string of the molecule is COc1cc(NC(=O)C[C@@H]2C(=O)N(c3ccc(F)cc3)C(=O)N2C(C)C)cc(OC)c1. The van der Waals surface area contributed by atoms with Crippen LogP contribution in [0.4, 0.5) is 20.6 Å². The minimum Gasteiger partial charge on any atom is -0.497 e. The minimum atomic E-state index is -0.981. The first-order chi connectivity index (χ1) is 14.7. The summed E-state index contributed by atoms with van der Waals surface area (Å²) >= 11 is 0. The van der Waals surface area contributed by atoms with Crippen LogP contribution < -0.4 is 19.7 Å². The van der Waals surface area contributed by atoms with E-state index in [-0.39, 0.29) is 18.2 Å². The van der Waals surface area contributed by atoms with Crippen molar-refractivity contribution in [2.75, 3.05) is 24.4 Å². The van der Waals surface area contributed by atoms with Gasteiger partial charge < -0.3 is 19.7 Å². The van der Waals surface area contributed by atoms with Gasteiger partial charge in [-0.3, -0.25) is 9.59 Å². The lowest BCUT2D eigenvalue weighted by molar-refractivity contribution is -0.124. The quantitative estimate of drug-likeness (QED) is 0.682. The number of carbonyl (C=O) groups is 3. The molecule has 0 bridgehead atoms. The molecule has 164 valence electrons. The van der Waals surface area contributed by atoms with E-state index >= 15 is 0 Å². The maximum atomic E-state index is 13.3. The Balaban J connectivity index is 1.82. The molecule has 1 N–H and O–H groups in total. The third-order valence-corrected chi connectivity index (χ3v) is 4.91. The number of nitrogens with one attached hydrogen (secondary N) is 1. The van der Waals surface area contributed by atoms with Crippen molar-refractivity contribution in [3.8, 4) is 11.5 Å². The highest BCUT2D eigenvalue weighted by Crippen LogP contribution is 2.30. The van der Waals surface area contributed by atoms with E-state index in [0.717, 1.165) is 4.90 Å². The Morgan fingerprint density at radius 2 is 1.65 bits per heavy atom. The maximum absolute atomic E-state index is 13.3. The van der Waals surface area contributed by atoms with Gasteiger partial charge in [0.2, 0.25) is 5.91 Å². The fourth-order valence-electron chi connectivity index (χ4n) is 3.47. The molecule has 0 unspecified atom stereocenters. The van der Waals surface area contributed by atoms with Crippen molar-refractivity contribution in [2.45, 2.75) is 32.4 Å². The molecule has 8 nitrogen and oxygen atoms in total. The van der Waals surface area contributed by atoms with E-state index in [9.17, 15) is 18.8 Å². The van der Waals surface area contributed by atoms with Gasteiger partial charge in [0.15, 0.2) is 0 Å². The Hall–Kier alpha value is -3.62. The number of methoxy groups -OCH3 is 2. The fourth-order valence-corrected chi connectivity index (χ4v) is 3.47. The van der Waals surface area contributed by atoms with Crippen molar-refractivity contribution in [3.63, 3.8) is 0 Å². The van der Waals surface area contributed by atoms with E-state index in [4.69, 9.17) is 9.47 Å². The first-order valence-corrected chi connectivity index (χ1v) is 9.70. The third kappa shape index (κ3) is 4.60. The summed E-state index contributed by atoms with van der Waals surface area (Å²) in [6, 6.07) is 8.10. The van der Waals surface area contributed by atoms with Gasteiger partial charge in [0.25, 0.3) is 5.91 Å². The number of benzene rings is 2. The summed E-state index contributed by atoms with van der Waals surface area (Å²) in [5, 5.41) is 2.72. The molecule has 0 saturated carbocycles. The zero-order chi connectivity index (χ0) is 22.7. The molecule has 3 rings (SSSR count). The highest BCUT2D eigenvalue weighted by atomic mass is 19.1. The van der Waals surface area contributed by atoms with Crippen molar-refractivity contribution < 1.29 is 28.2 Å². The largest absolute Gasteiger partial charge is 0.497 e. The Bertz CT molecular complexity index is 971. The van der Waals surface area contributed by atoms with Crippen LogP contribution in [0, 0.1) is 5.82 Å². The monoisotopic (exact) mass is 429 g/mol. The topological polar surface area (TPSA) is 88.2 Å². The van der Waals surface area contributed by atoms with Gasteiger partial charge in [-0.15, -0.1) is 0 Å². The van der Waals surface area contributed by atoms with Gasteiger partial charge in [-0.1, -0.05) is 0 Å². The zero-order valence-corrected chi connectivity index (χ0v) is 17.7. The van der Waals surface area contributed by atoms with E-state index in [2.05, 4.69) is 5.32 Å². The zero-order valence-electron chi connectivity index (χ0n) is 17.7. The second-order valence-corrected chi connectivity index (χ2v) is 7.30. The predicted molar refractivity (Wildman–Crippen MR) is 113 cm³/mol. The number of ether oxygens (including phenoxy) is 2. The predicted octanol–water partition coefficient (Wildman–Crippen LogP) is 3.42. The molecule has 9 heteroatoms. The Labute approximate surface area is 179 Å². The van der Waals surface area contributed by atoms with Crippen molar-refractivity contribution in [1.29, 1.82) is 0 Å². The van der Waals surface area contributed by atoms with Crippen molar-refractivity contribution in [1.82, 2.24) is 4.90 Å². The smallest absolute Gasteiger partial charge is 0.332 e. The second kappa shape index (κ2) is 9.03. The van der Waals surface area contributed by atoms with Gasteiger partial charge in [-0.05, 0) is 38.1 Å². The van der Waals surface area contributed by atoms with E-state index in [0.29, 0.717) is 17.2 Å². The summed E-state index contributed by atoms with van der Waals surface area (Å²) < 4.78 is 23.7. The molecular weight excluding hydrogens is 405 g/mol. The Morgan fingerprint density at radius 1 is 1.06 bits per heavy atom. The first kappa shape index (κ1) is 22.1. The molecule has 2 aromatic carbocycles. The van der Waals surface area contributed by atoms with Crippen LogP contribution in [0.3, 0.4) is 0 Å². The van der Waals surface area contributed by atoms with Crippen molar-refractivity contribution in [2.24, 2.45) is 0 Å². The van der Waals surface area contributed by atoms with Crippen LogP contribution in [0.2, 0.25) is 0 Å². The highest BCUT2D eigenvalue weighted by Gasteiger charge is 2.47. The first-order valence-electron chi connectivity index (χ1n) is 9.70. The Morgan fingerprint density at radius 3 is 2.16 bits per heavy atom. The van der Waals surface area contributed by atoms with Crippen LogP contribution >= 0.6 is 0 Å². The summed E-state index contributed by atoms with van der Waals surface area (Å²) in [6.07, 6.45) is -0.236. The van der Waals surface area contributed by atoms with Gasteiger partial charge in [0, 0.05) is 29.9 Å². The molecule has 0 spiro atoms. The van der Waals surface area contributed by atoms with Crippen molar-refractivity contribution in [3.05, 3.63) is 48.3 Å². The number of urea groups is 1. The maximum Gasteiger partial charge on any atom is 0.332 e. The van der Waals surface area contributed by atoms with Crippen LogP contribution in [-0.2, 0) is 9.59 Å². The van der Waals surface area contributed by atoms with Crippen molar-refractivity contribution >= 4 is 29.2 Å². The number of hydrogen-bond donors (Lipinski definition) is 1. The lowest BCUT2D eigenvalue weighted by Gasteiger charge is -2.25. The van der Waals surface area contributed by atoms with Gasteiger partial charge in [0.05, 0.1) is 26.3 Å². The number of anilines is 2. The molecule has 0 aliphatic carbocycles. The normalized spacial score (nSPS) is 16.1. The average molecular weight is 429 g/mol. The molecular formula is C22H24FN3O5. The molecule has 1 heterocycles. The number of rotatable bonds is 7. The van der Waals surface area contributed by atoms with Gasteiger partial charge in [-0.2, -0.15) is 0 Å². The molecule has 4 amide bonds. The molecule has 1 saturated heterocycles. The number of carbonyl (C=O) groups excluding carboxylic acids is 3. The van der Waals surface area contributed by atoms with Crippen LogP contribution in [0.5, 0.6) is 11.5 Å². The van der Waals surface area contributed by atoms with Crippen LogP contribution in [0.1, 0.15) is 20.3 Å². The molecule has 1 atom stereocenters. The number of amides is 4. The molecule has 1 aliphatic heterocycles. The average Bonchev–Trinajstić information content (AvgIpc) is 2.97. The van der Waals surface area contributed by atoms with Crippen LogP contribution in [0.25, 0.3) is 0 Å². The van der Waals surface area contributed by atoms with E-state index in [1.165, 1.54) is 43.4 Å². The lowest BCUT2D eigenvalue weighted by Crippen LogP contribution is -2.42. The standard InChI is InChI=1S/C22H24FN3O5/c1-13(2)25-19(21(28)26(22(25)29)16-7-5-14(23)6-8-16)12-20(27)24-15-9-17(30-3)11-18(10-15)31-4/h5-11,13,19H,12H2,1-4H3,(H,24,27)/t19-/m1/s1. The molecule has 0 radical (unpaired) electrons. The summed E-state index contributed by atoms with van der Waals surface area (Å²) in [5.41, 5.74) is 0.687. The number of nitrogens with zero attached hydrogens (tertiary/aromatic N) is 2. The molecule has 0 aromatic heterocycles. The highest BCUT2D eigenvalue weighted by molar-refractivity contribution is 6.22.